The van der Waals surface area contributed by atoms with Gasteiger partial charge in [0.15, 0.2) is 0 Å². The molecule has 4 fully saturated rings. The predicted octanol–water partition coefficient (Wildman–Crippen LogP) is 2.54. The lowest BCUT2D eigenvalue weighted by molar-refractivity contribution is -0.188. The smallest absolute Gasteiger partial charge is 0.251 e. The summed E-state index contributed by atoms with van der Waals surface area (Å²) in [5.41, 5.74) is 1.82. The second-order valence-corrected chi connectivity index (χ2v) is 14.4. The average molecular weight is 645 g/mol. The molecule has 3 amide bonds. The van der Waals surface area contributed by atoms with Gasteiger partial charge in [-0.3, -0.25) is 19.2 Å². The number of benzene rings is 1. The number of hydrogen-bond donors (Lipinski definition) is 5. The van der Waals surface area contributed by atoms with Crippen molar-refractivity contribution in [1.29, 1.82) is 0 Å². The number of amides is 3. The molecule has 3 saturated carbocycles. The third-order valence-electron chi connectivity index (χ3n) is 11.4. The number of ether oxygens (including phenoxy) is 1. The lowest BCUT2D eigenvalue weighted by Gasteiger charge is -2.62. The molecule has 1 heterocycles. The number of carbonyl (C=O) groups is 3. The van der Waals surface area contributed by atoms with E-state index in [0.29, 0.717) is 41.8 Å². The maximum absolute atomic E-state index is 14.1. The second-order valence-electron chi connectivity index (χ2n) is 14.4. The number of fused-ring (bicyclic) bond motifs is 2. The third-order valence-corrected chi connectivity index (χ3v) is 11.4. The molecule has 11 heteroatoms. The van der Waals surface area contributed by atoms with Crippen molar-refractivity contribution in [3.05, 3.63) is 34.9 Å². The van der Waals surface area contributed by atoms with Gasteiger partial charge < -0.3 is 30.9 Å². The number of rotatable bonds is 14. The molecular weight excluding hydrogens is 588 g/mol. The van der Waals surface area contributed by atoms with Gasteiger partial charge in [0.2, 0.25) is 5.91 Å². The SMILES string of the molecule is CCCC(CN1O[C@@H](CO)[C@@H]([C@H](C)O)[C@H]1C(=O)N[C@H]1C[C@H]2C[C@H]([C@@H]1C)C2(C)C)C(Cc1cc(C(=O)NC)cc(C(=O)NC)c1)OC. The van der Waals surface area contributed by atoms with Crippen molar-refractivity contribution in [3.63, 3.8) is 0 Å². The van der Waals surface area contributed by atoms with E-state index in [1.165, 1.54) is 6.42 Å². The van der Waals surface area contributed by atoms with E-state index < -0.39 is 24.2 Å². The Kier molecular flexibility index (Phi) is 11.9. The van der Waals surface area contributed by atoms with Crippen molar-refractivity contribution < 1.29 is 34.2 Å². The van der Waals surface area contributed by atoms with E-state index in [-0.39, 0.29) is 47.8 Å². The highest BCUT2D eigenvalue weighted by atomic mass is 16.7. The van der Waals surface area contributed by atoms with E-state index in [1.54, 1.807) is 51.4 Å². The normalized spacial score (nSPS) is 30.5. The Bertz CT molecular complexity index is 1210. The fourth-order valence-corrected chi connectivity index (χ4v) is 8.54. The summed E-state index contributed by atoms with van der Waals surface area (Å²) in [6.45, 7) is 10.6. The Morgan fingerprint density at radius 2 is 1.74 bits per heavy atom. The van der Waals surface area contributed by atoms with Gasteiger partial charge in [0.05, 0.1) is 18.8 Å². The van der Waals surface area contributed by atoms with Gasteiger partial charge in [-0.05, 0) is 79.5 Å². The standard InChI is InChI=1S/C35H56N4O7/c1-9-10-22(28(45-8)13-21-11-23(32(42)36-6)14-24(12-21)33(43)37-7)17-39-31(30(20(3)41)29(18-40)46-39)34(44)38-27-16-25-15-26(19(27)2)35(25,4)5/h11-12,14,19-20,22,25-31,40-41H,9-10,13,15-18H2,1-8H3,(H,36,42)(H,37,43)(H,38,44)/t19-,20-,22?,25+,26+,27-,28?,29-,30+,31-/m0/s1. The van der Waals surface area contributed by atoms with Gasteiger partial charge in [-0.2, -0.15) is 5.06 Å². The molecule has 2 bridgehead atoms. The zero-order chi connectivity index (χ0) is 33.9. The van der Waals surface area contributed by atoms with E-state index in [9.17, 15) is 24.6 Å². The van der Waals surface area contributed by atoms with Crippen LogP contribution in [-0.4, -0.2) is 97.8 Å². The molecule has 5 rings (SSSR count). The predicted molar refractivity (Wildman–Crippen MR) is 175 cm³/mol. The number of methoxy groups -OCH3 is 1. The zero-order valence-corrected chi connectivity index (χ0v) is 28.8. The minimum Gasteiger partial charge on any atom is -0.394 e. The molecule has 46 heavy (non-hydrogen) atoms. The molecule has 10 atom stereocenters. The number of nitrogens with one attached hydrogen (secondary N) is 3. The highest BCUT2D eigenvalue weighted by molar-refractivity contribution is 5.99. The van der Waals surface area contributed by atoms with Gasteiger partial charge in [0.25, 0.3) is 11.8 Å². The number of hydroxylamine groups is 2. The van der Waals surface area contributed by atoms with Gasteiger partial charge in [-0.15, -0.1) is 0 Å². The van der Waals surface area contributed by atoms with E-state index in [0.717, 1.165) is 24.8 Å². The molecule has 0 radical (unpaired) electrons. The van der Waals surface area contributed by atoms with E-state index in [1.807, 2.05) is 0 Å². The molecule has 5 N–H and O–H groups in total. The van der Waals surface area contributed by atoms with Crippen molar-refractivity contribution in [2.24, 2.45) is 35.0 Å². The molecule has 1 aromatic carbocycles. The monoisotopic (exact) mass is 644 g/mol. The van der Waals surface area contributed by atoms with Crippen molar-refractivity contribution in [2.75, 3.05) is 34.4 Å². The lowest BCUT2D eigenvalue weighted by Crippen LogP contribution is -2.62. The van der Waals surface area contributed by atoms with Crippen LogP contribution >= 0.6 is 0 Å². The number of nitrogens with zero attached hydrogens (tertiary/aromatic N) is 1. The van der Waals surface area contributed by atoms with Crippen LogP contribution in [-0.2, 0) is 20.8 Å². The molecule has 4 aliphatic rings. The number of aliphatic hydroxyl groups is 2. The van der Waals surface area contributed by atoms with Crippen LogP contribution in [0.25, 0.3) is 0 Å². The van der Waals surface area contributed by atoms with E-state index >= 15 is 0 Å². The summed E-state index contributed by atoms with van der Waals surface area (Å²) in [5, 5.41) is 31.4. The summed E-state index contributed by atoms with van der Waals surface area (Å²) in [5.74, 6) is -0.00765. The van der Waals surface area contributed by atoms with Crippen LogP contribution < -0.4 is 16.0 Å². The summed E-state index contributed by atoms with van der Waals surface area (Å²) < 4.78 is 6.04. The average Bonchev–Trinajstić information content (AvgIpc) is 3.41. The molecule has 0 spiro atoms. The van der Waals surface area contributed by atoms with Crippen molar-refractivity contribution in [3.8, 4) is 0 Å². The maximum atomic E-state index is 14.1. The Balaban J connectivity index is 1.58. The molecule has 3 aliphatic carbocycles. The van der Waals surface area contributed by atoms with Crippen LogP contribution in [0, 0.1) is 35.0 Å². The molecule has 1 aromatic rings. The number of aliphatic hydroxyl groups excluding tert-OH is 2. The highest BCUT2D eigenvalue weighted by Crippen LogP contribution is 2.61. The summed E-state index contributed by atoms with van der Waals surface area (Å²) >= 11 is 0. The Morgan fingerprint density at radius 1 is 1.11 bits per heavy atom. The first-order valence-corrected chi connectivity index (χ1v) is 16.9. The van der Waals surface area contributed by atoms with Crippen LogP contribution in [0.1, 0.15) is 86.6 Å². The maximum Gasteiger partial charge on any atom is 0.251 e. The first-order valence-electron chi connectivity index (χ1n) is 16.9. The van der Waals surface area contributed by atoms with E-state index in [2.05, 4.69) is 43.6 Å². The van der Waals surface area contributed by atoms with Crippen molar-refractivity contribution in [1.82, 2.24) is 21.0 Å². The summed E-state index contributed by atoms with van der Waals surface area (Å²) in [6.07, 6.45) is 2.21. The topological polar surface area (TPSA) is 149 Å². The summed E-state index contributed by atoms with van der Waals surface area (Å²) in [7, 11) is 4.73. The van der Waals surface area contributed by atoms with Gasteiger partial charge in [0.1, 0.15) is 12.1 Å². The first-order chi connectivity index (χ1) is 21.8. The molecule has 0 aromatic heterocycles. The lowest BCUT2D eigenvalue weighted by atomic mass is 9.45. The van der Waals surface area contributed by atoms with Gasteiger partial charge in [-0.25, -0.2) is 0 Å². The van der Waals surface area contributed by atoms with Gasteiger partial charge in [0, 0.05) is 56.8 Å². The highest BCUT2D eigenvalue weighted by Gasteiger charge is 2.57. The second kappa shape index (κ2) is 15.1. The van der Waals surface area contributed by atoms with Crippen LogP contribution in [0.2, 0.25) is 0 Å². The molecule has 2 unspecified atom stereocenters. The first kappa shape index (κ1) is 36.3. The zero-order valence-electron chi connectivity index (χ0n) is 28.8. The Hall–Kier alpha value is -2.57. The fraction of sp³-hybridized carbons (Fsp3) is 0.743. The van der Waals surface area contributed by atoms with E-state index in [4.69, 9.17) is 9.57 Å². The van der Waals surface area contributed by atoms with Gasteiger partial charge >= 0.3 is 0 Å². The molecule has 258 valence electrons. The quantitative estimate of drug-likeness (QED) is 0.208. The number of hydrogen-bond acceptors (Lipinski definition) is 8. The Morgan fingerprint density at radius 3 is 2.22 bits per heavy atom. The summed E-state index contributed by atoms with van der Waals surface area (Å²) in [4.78, 5) is 45.4. The van der Waals surface area contributed by atoms with Crippen LogP contribution in [0.5, 0.6) is 0 Å². The Labute approximate surface area is 274 Å². The molecular formula is C35H56N4O7. The molecule has 11 nitrogen and oxygen atoms in total. The van der Waals surface area contributed by atoms with Crippen molar-refractivity contribution >= 4 is 17.7 Å². The van der Waals surface area contributed by atoms with Crippen molar-refractivity contribution in [2.45, 2.75) is 97.1 Å². The van der Waals surface area contributed by atoms with Crippen LogP contribution in [0.3, 0.4) is 0 Å². The minimum atomic E-state index is -0.882. The minimum absolute atomic E-state index is 0.0502. The molecule has 1 saturated heterocycles. The largest absolute Gasteiger partial charge is 0.394 e. The number of carbonyl (C=O) groups excluding carboxylic acids is 3. The summed E-state index contributed by atoms with van der Waals surface area (Å²) in [6, 6.07) is 4.37. The van der Waals surface area contributed by atoms with Crippen LogP contribution in [0.4, 0.5) is 0 Å². The molecule has 1 aliphatic heterocycles. The fourth-order valence-electron chi connectivity index (χ4n) is 8.54. The third kappa shape index (κ3) is 7.28. The van der Waals surface area contributed by atoms with Gasteiger partial charge in [-0.1, -0.05) is 34.1 Å². The van der Waals surface area contributed by atoms with Crippen LogP contribution in [0.15, 0.2) is 18.2 Å².